The van der Waals surface area contributed by atoms with Crippen LogP contribution in [0.2, 0.25) is 0 Å². The molecule has 0 bridgehead atoms. The van der Waals surface area contributed by atoms with E-state index in [4.69, 9.17) is 0 Å². The highest BCUT2D eigenvalue weighted by Gasteiger charge is 2.25. The van der Waals surface area contributed by atoms with Crippen molar-refractivity contribution in [3.05, 3.63) is 12.2 Å². The number of nitrogens with zero attached hydrogens (tertiary/aromatic N) is 3. The molecule has 0 spiro atoms. The van der Waals surface area contributed by atoms with Crippen LogP contribution in [0, 0.1) is 5.92 Å². The molecule has 0 aliphatic rings. The summed E-state index contributed by atoms with van der Waals surface area (Å²) in [6, 6.07) is -0.334. The van der Waals surface area contributed by atoms with E-state index in [1.54, 1.807) is 11.7 Å². The standard InChI is InChI=1S/C11H22N4O2S/c1-5-6-7-18(16,17)14-10(9(2)3)11-12-8-13-15(11)4/h8-10,14H,5-7H2,1-4H3/t10-/m0/s1. The smallest absolute Gasteiger partial charge is 0.212 e. The van der Waals surface area contributed by atoms with Crippen LogP contribution in [-0.4, -0.2) is 28.9 Å². The summed E-state index contributed by atoms with van der Waals surface area (Å²) in [5.74, 6) is 0.916. The summed E-state index contributed by atoms with van der Waals surface area (Å²) < 4.78 is 28.2. The number of rotatable bonds is 7. The molecule has 1 atom stereocenters. The first-order chi connectivity index (χ1) is 8.37. The zero-order valence-corrected chi connectivity index (χ0v) is 12.2. The van der Waals surface area contributed by atoms with Crippen LogP contribution in [0.4, 0.5) is 0 Å². The molecule has 6 nitrogen and oxygen atoms in total. The molecule has 0 saturated heterocycles. The fourth-order valence-electron chi connectivity index (χ4n) is 1.66. The number of hydrogen-bond acceptors (Lipinski definition) is 4. The molecule has 0 fully saturated rings. The Kier molecular flexibility index (Phi) is 5.28. The third-order valence-electron chi connectivity index (χ3n) is 2.76. The molecule has 0 aromatic carbocycles. The molecule has 1 heterocycles. The maximum atomic E-state index is 11.9. The molecule has 0 aliphatic heterocycles. The van der Waals surface area contributed by atoms with Crippen LogP contribution in [0.1, 0.15) is 45.5 Å². The van der Waals surface area contributed by atoms with Crippen LogP contribution >= 0.6 is 0 Å². The van der Waals surface area contributed by atoms with Crippen molar-refractivity contribution in [1.82, 2.24) is 19.5 Å². The number of nitrogens with one attached hydrogen (secondary N) is 1. The summed E-state index contributed by atoms with van der Waals surface area (Å²) in [6.07, 6.45) is 2.96. The van der Waals surface area contributed by atoms with E-state index in [-0.39, 0.29) is 17.7 Å². The Labute approximate surface area is 109 Å². The highest BCUT2D eigenvalue weighted by Crippen LogP contribution is 2.20. The third-order valence-corrected chi connectivity index (χ3v) is 4.20. The van der Waals surface area contributed by atoms with Gasteiger partial charge in [-0.2, -0.15) is 5.10 Å². The molecule has 0 amide bonds. The molecule has 1 aromatic heterocycles. The Balaban J connectivity index is 2.86. The predicted molar refractivity (Wildman–Crippen MR) is 70.4 cm³/mol. The Hall–Kier alpha value is -0.950. The monoisotopic (exact) mass is 274 g/mol. The second kappa shape index (κ2) is 6.29. The number of aromatic nitrogens is 3. The molecule has 1 aromatic rings. The second-order valence-electron chi connectivity index (χ2n) is 4.75. The van der Waals surface area contributed by atoms with Crippen molar-refractivity contribution in [1.29, 1.82) is 0 Å². The van der Waals surface area contributed by atoms with E-state index in [0.29, 0.717) is 12.2 Å². The van der Waals surface area contributed by atoms with Gasteiger partial charge in [0.25, 0.3) is 0 Å². The van der Waals surface area contributed by atoms with Crippen molar-refractivity contribution in [3.8, 4) is 0 Å². The zero-order chi connectivity index (χ0) is 13.8. The van der Waals surface area contributed by atoms with Crippen molar-refractivity contribution >= 4 is 10.0 Å². The molecule has 0 unspecified atom stereocenters. The van der Waals surface area contributed by atoms with Gasteiger partial charge in [-0.15, -0.1) is 0 Å². The van der Waals surface area contributed by atoms with Gasteiger partial charge in [0.05, 0.1) is 11.8 Å². The van der Waals surface area contributed by atoms with Crippen LogP contribution in [0.5, 0.6) is 0 Å². The summed E-state index contributed by atoms with van der Waals surface area (Å²) in [4.78, 5) is 4.13. The van der Waals surface area contributed by atoms with E-state index in [1.165, 1.54) is 6.33 Å². The normalized spacial score (nSPS) is 14.1. The summed E-state index contributed by atoms with van der Waals surface area (Å²) in [5, 5.41) is 3.98. The lowest BCUT2D eigenvalue weighted by Gasteiger charge is -2.21. The molecule has 104 valence electrons. The molecule has 0 radical (unpaired) electrons. The third kappa shape index (κ3) is 4.06. The van der Waals surface area contributed by atoms with Crippen molar-refractivity contribution in [2.24, 2.45) is 13.0 Å². The van der Waals surface area contributed by atoms with Gasteiger partial charge in [-0.1, -0.05) is 27.2 Å². The first kappa shape index (κ1) is 15.1. The minimum Gasteiger partial charge on any atom is -0.252 e. The molecule has 7 heteroatoms. The lowest BCUT2D eigenvalue weighted by Crippen LogP contribution is -2.35. The van der Waals surface area contributed by atoms with Gasteiger partial charge >= 0.3 is 0 Å². The van der Waals surface area contributed by atoms with Gasteiger partial charge in [0, 0.05) is 7.05 Å². The molecular weight excluding hydrogens is 252 g/mol. The predicted octanol–water partition coefficient (Wildman–Crippen LogP) is 1.23. The summed E-state index contributed by atoms with van der Waals surface area (Å²) in [7, 11) is -1.50. The van der Waals surface area contributed by atoms with Gasteiger partial charge in [0.2, 0.25) is 10.0 Å². The molecule has 1 N–H and O–H groups in total. The lowest BCUT2D eigenvalue weighted by atomic mass is 10.1. The van der Waals surface area contributed by atoms with Crippen LogP contribution in [0.3, 0.4) is 0 Å². The number of hydrogen-bond donors (Lipinski definition) is 1. The first-order valence-corrected chi connectivity index (χ1v) is 7.86. The first-order valence-electron chi connectivity index (χ1n) is 6.21. The average molecular weight is 274 g/mol. The van der Waals surface area contributed by atoms with Crippen molar-refractivity contribution in [2.45, 2.75) is 39.7 Å². The van der Waals surface area contributed by atoms with E-state index >= 15 is 0 Å². The van der Waals surface area contributed by atoms with Gasteiger partial charge in [0.1, 0.15) is 12.2 Å². The zero-order valence-electron chi connectivity index (χ0n) is 11.4. The number of aryl methyl sites for hydroxylation is 1. The van der Waals surface area contributed by atoms with Crippen LogP contribution in [-0.2, 0) is 17.1 Å². The van der Waals surface area contributed by atoms with E-state index in [0.717, 1.165) is 6.42 Å². The largest absolute Gasteiger partial charge is 0.252 e. The molecule has 1 rings (SSSR count). The second-order valence-corrected chi connectivity index (χ2v) is 6.63. The number of unbranched alkanes of at least 4 members (excludes halogenated alkanes) is 1. The maximum absolute atomic E-state index is 11.9. The maximum Gasteiger partial charge on any atom is 0.212 e. The topological polar surface area (TPSA) is 76.9 Å². The molecule has 18 heavy (non-hydrogen) atoms. The molecule has 0 saturated carbocycles. The van der Waals surface area contributed by atoms with E-state index in [9.17, 15) is 8.42 Å². The quantitative estimate of drug-likeness (QED) is 0.811. The minimum absolute atomic E-state index is 0.115. The highest BCUT2D eigenvalue weighted by molar-refractivity contribution is 7.89. The van der Waals surface area contributed by atoms with Gasteiger partial charge in [-0.05, 0) is 12.3 Å². The Morgan fingerprint density at radius 1 is 1.44 bits per heavy atom. The average Bonchev–Trinajstić information content (AvgIpc) is 2.69. The minimum atomic E-state index is -3.26. The Morgan fingerprint density at radius 2 is 2.11 bits per heavy atom. The van der Waals surface area contributed by atoms with Gasteiger partial charge < -0.3 is 0 Å². The Morgan fingerprint density at radius 3 is 2.56 bits per heavy atom. The van der Waals surface area contributed by atoms with Crippen molar-refractivity contribution < 1.29 is 8.42 Å². The van der Waals surface area contributed by atoms with E-state index < -0.39 is 10.0 Å². The molecular formula is C11H22N4O2S. The highest BCUT2D eigenvalue weighted by atomic mass is 32.2. The van der Waals surface area contributed by atoms with Crippen molar-refractivity contribution in [2.75, 3.05) is 5.75 Å². The Bertz CT molecular complexity index is 467. The fourth-order valence-corrected chi connectivity index (χ4v) is 3.21. The summed E-state index contributed by atoms with van der Waals surface area (Å²) in [5.41, 5.74) is 0. The fraction of sp³-hybridized carbons (Fsp3) is 0.818. The lowest BCUT2D eigenvalue weighted by molar-refractivity contribution is 0.428. The number of sulfonamides is 1. The van der Waals surface area contributed by atoms with Crippen LogP contribution in [0.15, 0.2) is 6.33 Å². The van der Waals surface area contributed by atoms with E-state index in [2.05, 4.69) is 14.8 Å². The van der Waals surface area contributed by atoms with Crippen molar-refractivity contribution in [3.63, 3.8) is 0 Å². The van der Waals surface area contributed by atoms with Gasteiger partial charge in [0.15, 0.2) is 0 Å². The van der Waals surface area contributed by atoms with Gasteiger partial charge in [-0.25, -0.2) is 18.1 Å². The van der Waals surface area contributed by atoms with Crippen LogP contribution in [0.25, 0.3) is 0 Å². The van der Waals surface area contributed by atoms with Gasteiger partial charge in [-0.3, -0.25) is 4.68 Å². The summed E-state index contributed by atoms with van der Waals surface area (Å²) >= 11 is 0. The molecule has 0 aliphatic carbocycles. The SMILES string of the molecule is CCCCS(=O)(=O)N[C@H](c1ncnn1C)C(C)C. The van der Waals surface area contributed by atoms with E-state index in [1.807, 2.05) is 20.8 Å². The summed E-state index contributed by atoms with van der Waals surface area (Å²) in [6.45, 7) is 5.89. The van der Waals surface area contributed by atoms with Crippen LogP contribution < -0.4 is 4.72 Å².